The highest BCUT2D eigenvalue weighted by molar-refractivity contribution is 5.95. The van der Waals surface area contributed by atoms with Gasteiger partial charge in [-0.2, -0.15) is 10.5 Å². The summed E-state index contributed by atoms with van der Waals surface area (Å²) in [6, 6.07) is 13.2. The van der Waals surface area contributed by atoms with Gasteiger partial charge in [0.15, 0.2) is 0 Å². The van der Waals surface area contributed by atoms with Gasteiger partial charge in [-0.1, -0.05) is 38.1 Å². The number of hydrogen-bond acceptors (Lipinski definition) is 9. The van der Waals surface area contributed by atoms with Gasteiger partial charge in [-0.05, 0) is 53.7 Å². The molecule has 0 unspecified atom stereocenters. The van der Waals surface area contributed by atoms with Crippen LogP contribution in [0, 0.1) is 34.0 Å². The standard InChI is InChI=1S/C33H32N10O/c1-32(2,3)18-37-28-21(15-35)16-36-27-20(14-34)10-26(39-30(27)28)38-29(25-17-43(41-40-25)33-11-19(12-33)13-33)23-6-5-7-24-22(23)8-9-42(4)31(24)44/h5-10,16-17,19,29H,11-13,18H2,1-4H3,(H,36,37)(H,38,39)/t19?,29-,33?/m0/s1. The van der Waals surface area contributed by atoms with Crippen LogP contribution in [-0.4, -0.2) is 36.1 Å². The van der Waals surface area contributed by atoms with E-state index in [1.54, 1.807) is 23.9 Å². The normalized spacial score (nSPS) is 19.5. The Labute approximate surface area is 254 Å². The Kier molecular flexibility index (Phi) is 6.19. The van der Waals surface area contributed by atoms with Gasteiger partial charge in [0.2, 0.25) is 0 Å². The van der Waals surface area contributed by atoms with E-state index in [9.17, 15) is 15.3 Å². The second kappa shape index (κ2) is 9.88. The average Bonchev–Trinajstić information content (AvgIpc) is 3.43. The van der Waals surface area contributed by atoms with Gasteiger partial charge in [0.25, 0.3) is 5.56 Å². The van der Waals surface area contributed by atoms with Gasteiger partial charge in [-0.25, -0.2) is 9.67 Å². The first-order chi connectivity index (χ1) is 21.1. The molecule has 5 aromatic rings. The Morgan fingerprint density at radius 3 is 2.55 bits per heavy atom. The highest BCUT2D eigenvalue weighted by Gasteiger charge is 2.59. The number of nitrogens with one attached hydrogen (secondary N) is 2. The molecule has 1 aromatic carbocycles. The van der Waals surface area contributed by atoms with E-state index in [1.165, 1.54) is 6.20 Å². The molecule has 0 saturated heterocycles. The van der Waals surface area contributed by atoms with Crippen molar-refractivity contribution in [2.75, 3.05) is 17.2 Å². The van der Waals surface area contributed by atoms with Crippen LogP contribution in [0.5, 0.6) is 0 Å². The van der Waals surface area contributed by atoms with Crippen molar-refractivity contribution in [3.05, 3.63) is 81.7 Å². The summed E-state index contributed by atoms with van der Waals surface area (Å²) in [5.41, 5.74) is 3.44. The predicted octanol–water partition coefficient (Wildman–Crippen LogP) is 4.99. The fourth-order valence-electron chi connectivity index (χ4n) is 6.41. The lowest BCUT2D eigenvalue weighted by molar-refractivity contribution is -0.0989. The highest BCUT2D eigenvalue weighted by Crippen LogP contribution is 2.62. The zero-order chi connectivity index (χ0) is 30.8. The van der Waals surface area contributed by atoms with Gasteiger partial charge < -0.3 is 15.2 Å². The van der Waals surface area contributed by atoms with Crippen LogP contribution in [0.4, 0.5) is 11.5 Å². The van der Waals surface area contributed by atoms with Gasteiger partial charge in [-0.15, -0.1) is 5.10 Å². The molecule has 0 aliphatic heterocycles. The molecule has 0 radical (unpaired) electrons. The van der Waals surface area contributed by atoms with Gasteiger partial charge in [0.05, 0.1) is 34.6 Å². The van der Waals surface area contributed by atoms with Gasteiger partial charge in [-0.3, -0.25) is 9.78 Å². The number of anilines is 2. The van der Waals surface area contributed by atoms with Crippen molar-refractivity contribution in [3.8, 4) is 12.1 Å². The zero-order valence-corrected chi connectivity index (χ0v) is 25.1. The molecule has 11 nitrogen and oxygen atoms in total. The molecule has 2 N–H and O–H groups in total. The van der Waals surface area contributed by atoms with E-state index in [0.29, 0.717) is 51.3 Å². The molecular formula is C33H32N10O. The molecule has 0 spiro atoms. The topological polar surface area (TPSA) is 150 Å². The van der Waals surface area contributed by atoms with E-state index >= 15 is 0 Å². The van der Waals surface area contributed by atoms with Crippen LogP contribution in [0.25, 0.3) is 21.8 Å². The Hall–Kier alpha value is -5.29. The molecule has 4 heterocycles. The fourth-order valence-corrected chi connectivity index (χ4v) is 6.41. The van der Waals surface area contributed by atoms with Crippen molar-refractivity contribution >= 4 is 33.3 Å². The molecule has 44 heavy (non-hydrogen) atoms. The number of nitriles is 2. The summed E-state index contributed by atoms with van der Waals surface area (Å²) in [6.07, 6.45) is 8.59. The number of fused-ring (bicyclic) bond motifs is 2. The maximum Gasteiger partial charge on any atom is 0.258 e. The average molecular weight is 585 g/mol. The van der Waals surface area contributed by atoms with E-state index in [1.807, 2.05) is 35.1 Å². The number of hydrogen-bond donors (Lipinski definition) is 2. The van der Waals surface area contributed by atoms with Crippen LogP contribution in [0.3, 0.4) is 0 Å². The molecule has 4 aromatic heterocycles. The molecule has 0 amide bonds. The molecule has 3 aliphatic rings. The third-order valence-electron chi connectivity index (χ3n) is 8.92. The summed E-state index contributed by atoms with van der Waals surface area (Å²) in [5.74, 6) is 1.20. The molecule has 2 bridgehead atoms. The van der Waals surface area contributed by atoms with E-state index in [0.717, 1.165) is 36.1 Å². The molecule has 3 fully saturated rings. The monoisotopic (exact) mass is 584 g/mol. The van der Waals surface area contributed by atoms with Crippen LogP contribution in [0.1, 0.15) is 68.5 Å². The summed E-state index contributed by atoms with van der Waals surface area (Å²) in [7, 11) is 1.73. The lowest BCUT2D eigenvalue weighted by atomic mass is 9.50. The Morgan fingerprint density at radius 2 is 1.86 bits per heavy atom. The first-order valence-corrected chi connectivity index (χ1v) is 14.7. The van der Waals surface area contributed by atoms with E-state index in [-0.39, 0.29) is 16.5 Å². The number of pyridine rings is 3. The summed E-state index contributed by atoms with van der Waals surface area (Å²) < 4.78 is 3.55. The van der Waals surface area contributed by atoms with Crippen molar-refractivity contribution in [1.82, 2.24) is 29.5 Å². The third-order valence-corrected chi connectivity index (χ3v) is 8.92. The van der Waals surface area contributed by atoms with E-state index < -0.39 is 6.04 Å². The summed E-state index contributed by atoms with van der Waals surface area (Å²) in [5, 5.41) is 37.5. The third kappa shape index (κ3) is 4.44. The quantitative estimate of drug-likeness (QED) is 0.270. The van der Waals surface area contributed by atoms with Crippen LogP contribution >= 0.6 is 0 Å². The summed E-state index contributed by atoms with van der Waals surface area (Å²) in [6.45, 7) is 6.87. The first kappa shape index (κ1) is 27.5. The Morgan fingerprint density at radius 1 is 1.09 bits per heavy atom. The van der Waals surface area contributed by atoms with Gasteiger partial charge in [0, 0.05) is 37.4 Å². The molecule has 220 valence electrons. The zero-order valence-electron chi connectivity index (χ0n) is 25.1. The molecule has 11 heteroatoms. The lowest BCUT2D eigenvalue weighted by Crippen LogP contribution is -2.59. The largest absolute Gasteiger partial charge is 0.382 e. The molecule has 1 atom stereocenters. The molecule has 8 rings (SSSR count). The second-order valence-corrected chi connectivity index (χ2v) is 13.3. The number of aryl methyl sites for hydroxylation is 1. The number of benzene rings is 1. The molecular weight excluding hydrogens is 552 g/mol. The second-order valence-electron chi connectivity index (χ2n) is 13.3. The molecule has 3 saturated carbocycles. The number of aromatic nitrogens is 6. The number of nitrogens with zero attached hydrogens (tertiary/aromatic N) is 8. The summed E-state index contributed by atoms with van der Waals surface area (Å²) >= 11 is 0. The fraction of sp³-hybridized carbons (Fsp3) is 0.364. The van der Waals surface area contributed by atoms with Crippen LogP contribution < -0.4 is 16.2 Å². The minimum absolute atomic E-state index is 0.0529. The SMILES string of the molecule is Cn1ccc2c([C@H](Nc3cc(C#N)c4ncc(C#N)c(NCC(C)(C)C)c4n3)c3cn(C45CC(C4)C5)nn3)cccc2c1=O. The smallest absolute Gasteiger partial charge is 0.258 e. The maximum absolute atomic E-state index is 13.1. The van der Waals surface area contributed by atoms with Gasteiger partial charge >= 0.3 is 0 Å². The van der Waals surface area contributed by atoms with E-state index in [2.05, 4.69) is 58.8 Å². The lowest BCUT2D eigenvalue weighted by Gasteiger charge is -2.61. The number of rotatable bonds is 7. The molecule has 3 aliphatic carbocycles. The maximum atomic E-state index is 13.1. The van der Waals surface area contributed by atoms with Crippen LogP contribution in [0.2, 0.25) is 0 Å². The highest BCUT2D eigenvalue weighted by atomic mass is 16.1. The Balaban J connectivity index is 1.39. The van der Waals surface area contributed by atoms with Crippen LogP contribution in [0.15, 0.2) is 53.7 Å². The first-order valence-electron chi connectivity index (χ1n) is 14.7. The minimum atomic E-state index is -0.540. The van der Waals surface area contributed by atoms with Crippen molar-refractivity contribution in [1.29, 1.82) is 10.5 Å². The van der Waals surface area contributed by atoms with Crippen molar-refractivity contribution < 1.29 is 0 Å². The summed E-state index contributed by atoms with van der Waals surface area (Å²) in [4.78, 5) is 22.4. The van der Waals surface area contributed by atoms with Gasteiger partial charge in [0.1, 0.15) is 34.7 Å². The van der Waals surface area contributed by atoms with Crippen molar-refractivity contribution in [2.45, 2.75) is 51.6 Å². The van der Waals surface area contributed by atoms with Crippen molar-refractivity contribution in [3.63, 3.8) is 0 Å². The predicted molar refractivity (Wildman–Crippen MR) is 167 cm³/mol. The Bertz CT molecular complexity index is 2090. The van der Waals surface area contributed by atoms with Crippen LogP contribution in [-0.2, 0) is 12.6 Å². The van der Waals surface area contributed by atoms with E-state index in [4.69, 9.17) is 4.98 Å². The minimum Gasteiger partial charge on any atom is -0.382 e. The van der Waals surface area contributed by atoms with Crippen molar-refractivity contribution in [2.24, 2.45) is 18.4 Å².